The van der Waals surface area contributed by atoms with Crippen molar-refractivity contribution in [3.05, 3.63) is 35.6 Å². The zero-order chi connectivity index (χ0) is 13.5. The summed E-state index contributed by atoms with van der Waals surface area (Å²) in [4.78, 5) is 14.2. The van der Waals surface area contributed by atoms with E-state index in [4.69, 9.17) is 0 Å². The second-order valence-corrected chi connectivity index (χ2v) is 4.97. The van der Waals surface area contributed by atoms with Gasteiger partial charge in [0.25, 0.3) is 0 Å². The lowest BCUT2D eigenvalue weighted by molar-refractivity contribution is 0.0962. The molecule has 0 saturated carbocycles. The number of carbonyl (C=O) groups excluding carboxylic acids is 1. The SMILES string of the molecule is CCN(CCC(=O)c1ccc(F)cc1)CC(C)C. The molecule has 0 atom stereocenters. The Morgan fingerprint density at radius 3 is 2.39 bits per heavy atom. The van der Waals surface area contributed by atoms with E-state index in [-0.39, 0.29) is 11.6 Å². The summed E-state index contributed by atoms with van der Waals surface area (Å²) in [6, 6.07) is 5.77. The normalized spacial score (nSPS) is 11.2. The number of benzene rings is 1. The standard InChI is InChI=1S/C15H22FNO/c1-4-17(11-12(2)3)10-9-15(18)13-5-7-14(16)8-6-13/h5-8,12H,4,9-11H2,1-3H3. The largest absolute Gasteiger partial charge is 0.303 e. The summed E-state index contributed by atoms with van der Waals surface area (Å²) in [6.07, 6.45) is 0.492. The maximum Gasteiger partial charge on any atom is 0.164 e. The molecule has 0 aliphatic carbocycles. The van der Waals surface area contributed by atoms with Crippen LogP contribution in [0.1, 0.15) is 37.6 Å². The topological polar surface area (TPSA) is 20.3 Å². The van der Waals surface area contributed by atoms with Crippen LogP contribution in [0.4, 0.5) is 4.39 Å². The lowest BCUT2D eigenvalue weighted by atomic mass is 10.1. The number of ketones is 1. The van der Waals surface area contributed by atoms with E-state index >= 15 is 0 Å². The van der Waals surface area contributed by atoms with Crippen LogP contribution in [-0.4, -0.2) is 30.3 Å². The molecule has 0 unspecified atom stereocenters. The first kappa shape index (κ1) is 14.8. The van der Waals surface area contributed by atoms with Gasteiger partial charge in [0.15, 0.2) is 5.78 Å². The van der Waals surface area contributed by atoms with Gasteiger partial charge in [-0.15, -0.1) is 0 Å². The molecule has 0 radical (unpaired) electrons. The van der Waals surface area contributed by atoms with Crippen LogP contribution in [0.5, 0.6) is 0 Å². The van der Waals surface area contributed by atoms with Crippen LogP contribution in [0.3, 0.4) is 0 Å². The first-order chi connectivity index (χ1) is 8.52. The van der Waals surface area contributed by atoms with Gasteiger partial charge in [0.05, 0.1) is 0 Å². The lowest BCUT2D eigenvalue weighted by Crippen LogP contribution is -2.29. The van der Waals surface area contributed by atoms with E-state index < -0.39 is 0 Å². The van der Waals surface area contributed by atoms with Gasteiger partial charge in [0, 0.05) is 25.1 Å². The van der Waals surface area contributed by atoms with Crippen molar-refractivity contribution in [2.45, 2.75) is 27.2 Å². The molecular formula is C15H22FNO. The fourth-order valence-electron chi connectivity index (χ4n) is 1.93. The molecule has 1 aromatic rings. The van der Waals surface area contributed by atoms with Crippen molar-refractivity contribution in [3.63, 3.8) is 0 Å². The Hall–Kier alpha value is -1.22. The molecule has 3 heteroatoms. The fraction of sp³-hybridized carbons (Fsp3) is 0.533. The average molecular weight is 251 g/mol. The summed E-state index contributed by atoms with van der Waals surface area (Å²) in [5.74, 6) is 0.379. The van der Waals surface area contributed by atoms with Crippen LogP contribution < -0.4 is 0 Å². The van der Waals surface area contributed by atoms with Crippen LogP contribution in [0, 0.1) is 11.7 Å². The number of nitrogens with zero attached hydrogens (tertiary/aromatic N) is 1. The first-order valence-electron chi connectivity index (χ1n) is 6.54. The molecule has 2 nitrogen and oxygen atoms in total. The smallest absolute Gasteiger partial charge is 0.164 e. The Balaban J connectivity index is 2.47. The van der Waals surface area contributed by atoms with Crippen LogP contribution in [0.25, 0.3) is 0 Å². The van der Waals surface area contributed by atoms with Gasteiger partial charge in [-0.2, -0.15) is 0 Å². The van der Waals surface area contributed by atoms with Gasteiger partial charge in [-0.25, -0.2) is 4.39 Å². The minimum Gasteiger partial charge on any atom is -0.303 e. The van der Waals surface area contributed by atoms with Crippen molar-refractivity contribution < 1.29 is 9.18 Å². The van der Waals surface area contributed by atoms with E-state index in [1.807, 2.05) is 0 Å². The van der Waals surface area contributed by atoms with Crippen molar-refractivity contribution >= 4 is 5.78 Å². The van der Waals surface area contributed by atoms with Gasteiger partial charge in [0.1, 0.15) is 5.82 Å². The van der Waals surface area contributed by atoms with E-state index in [1.54, 1.807) is 12.1 Å². The summed E-state index contributed by atoms with van der Waals surface area (Å²) in [6.45, 7) is 9.17. The molecule has 0 N–H and O–H groups in total. The highest BCUT2D eigenvalue weighted by Crippen LogP contribution is 2.07. The van der Waals surface area contributed by atoms with E-state index in [9.17, 15) is 9.18 Å². The maximum atomic E-state index is 12.7. The summed E-state index contributed by atoms with van der Waals surface area (Å²) >= 11 is 0. The number of Topliss-reactive ketones (excluding diaryl/α,β-unsaturated/α-hetero) is 1. The van der Waals surface area contributed by atoms with Gasteiger partial charge < -0.3 is 4.90 Å². The molecular weight excluding hydrogens is 229 g/mol. The van der Waals surface area contributed by atoms with E-state index in [0.29, 0.717) is 17.9 Å². The third kappa shape index (κ3) is 4.96. The van der Waals surface area contributed by atoms with Gasteiger partial charge in [-0.05, 0) is 36.7 Å². The Morgan fingerprint density at radius 2 is 1.89 bits per heavy atom. The Bertz CT molecular complexity index is 373. The average Bonchev–Trinajstić information content (AvgIpc) is 2.34. The highest BCUT2D eigenvalue weighted by Gasteiger charge is 2.10. The number of halogens is 1. The minimum atomic E-state index is -0.304. The highest BCUT2D eigenvalue weighted by molar-refractivity contribution is 5.96. The molecule has 18 heavy (non-hydrogen) atoms. The molecule has 0 saturated heterocycles. The molecule has 1 aromatic carbocycles. The second kappa shape index (κ2) is 7.27. The number of rotatable bonds is 7. The van der Waals surface area contributed by atoms with Crippen molar-refractivity contribution in [1.82, 2.24) is 4.90 Å². The molecule has 0 aromatic heterocycles. The van der Waals surface area contributed by atoms with Gasteiger partial charge >= 0.3 is 0 Å². The molecule has 0 amide bonds. The van der Waals surface area contributed by atoms with Crippen molar-refractivity contribution in [2.24, 2.45) is 5.92 Å². The minimum absolute atomic E-state index is 0.0807. The van der Waals surface area contributed by atoms with Crippen LogP contribution >= 0.6 is 0 Å². The first-order valence-corrected chi connectivity index (χ1v) is 6.54. The summed E-state index contributed by atoms with van der Waals surface area (Å²) in [7, 11) is 0. The lowest BCUT2D eigenvalue weighted by Gasteiger charge is -2.21. The molecule has 0 bridgehead atoms. The van der Waals surface area contributed by atoms with E-state index in [1.165, 1.54) is 12.1 Å². The zero-order valence-corrected chi connectivity index (χ0v) is 11.4. The molecule has 100 valence electrons. The van der Waals surface area contributed by atoms with Gasteiger partial charge in [0.2, 0.25) is 0 Å². The third-order valence-corrected chi connectivity index (χ3v) is 2.89. The molecule has 0 aliphatic rings. The molecule has 0 heterocycles. The predicted molar refractivity (Wildman–Crippen MR) is 72.3 cm³/mol. The maximum absolute atomic E-state index is 12.7. The quantitative estimate of drug-likeness (QED) is 0.692. The Labute approximate surface area is 109 Å². The monoisotopic (exact) mass is 251 g/mol. The molecule has 0 fully saturated rings. The number of hydrogen-bond acceptors (Lipinski definition) is 2. The predicted octanol–water partition coefficient (Wildman–Crippen LogP) is 3.38. The number of hydrogen-bond donors (Lipinski definition) is 0. The Morgan fingerprint density at radius 1 is 1.28 bits per heavy atom. The fourth-order valence-corrected chi connectivity index (χ4v) is 1.93. The van der Waals surface area contributed by atoms with Crippen molar-refractivity contribution in [1.29, 1.82) is 0 Å². The van der Waals surface area contributed by atoms with E-state index in [2.05, 4.69) is 25.7 Å². The van der Waals surface area contributed by atoms with Gasteiger partial charge in [-0.1, -0.05) is 20.8 Å². The molecule has 0 spiro atoms. The number of carbonyl (C=O) groups is 1. The molecule has 0 aliphatic heterocycles. The van der Waals surface area contributed by atoms with E-state index in [0.717, 1.165) is 19.6 Å². The summed E-state index contributed by atoms with van der Waals surface area (Å²) in [5, 5.41) is 0. The van der Waals surface area contributed by atoms with Crippen LogP contribution in [0.15, 0.2) is 24.3 Å². The zero-order valence-electron chi connectivity index (χ0n) is 11.4. The third-order valence-electron chi connectivity index (χ3n) is 2.89. The second-order valence-electron chi connectivity index (χ2n) is 4.97. The van der Waals surface area contributed by atoms with Crippen LogP contribution in [0.2, 0.25) is 0 Å². The summed E-state index contributed by atoms with van der Waals surface area (Å²) < 4.78 is 12.7. The highest BCUT2D eigenvalue weighted by atomic mass is 19.1. The molecule has 1 rings (SSSR count). The Kier molecular flexibility index (Phi) is 5.99. The van der Waals surface area contributed by atoms with Crippen molar-refractivity contribution in [2.75, 3.05) is 19.6 Å². The summed E-state index contributed by atoms with van der Waals surface area (Å²) in [5.41, 5.74) is 0.594. The van der Waals surface area contributed by atoms with Crippen molar-refractivity contribution in [3.8, 4) is 0 Å². The van der Waals surface area contributed by atoms with Gasteiger partial charge in [-0.3, -0.25) is 4.79 Å². The van der Waals surface area contributed by atoms with Crippen LogP contribution in [-0.2, 0) is 0 Å².